The number of morpholine rings is 1. The third-order valence-electron chi connectivity index (χ3n) is 5.59. The Morgan fingerprint density at radius 3 is 2.77 bits per heavy atom. The number of ether oxygens (including phenoxy) is 1. The summed E-state index contributed by atoms with van der Waals surface area (Å²) in [5, 5.41) is 5.57. The molecule has 1 spiro atoms. The Hall–Kier alpha value is -2.01. The molecule has 0 radical (unpaired) electrons. The molecule has 2 saturated heterocycles. The van der Waals surface area contributed by atoms with Gasteiger partial charge in [0.2, 0.25) is 15.9 Å². The highest BCUT2D eigenvalue weighted by atomic mass is 32.2. The SMILES string of the molecule is CN(CCCNC(=O)[C@H]1CN(S(C)(=O)=O)C[C@@]12OCCNC2=O)Cc1ccccc1. The number of amides is 2. The van der Waals surface area contributed by atoms with Crippen molar-refractivity contribution in [1.82, 2.24) is 19.8 Å². The minimum absolute atomic E-state index is 0.0635. The van der Waals surface area contributed by atoms with Crippen LogP contribution >= 0.6 is 0 Å². The van der Waals surface area contributed by atoms with Crippen molar-refractivity contribution in [2.24, 2.45) is 5.92 Å². The molecule has 1 aromatic rings. The highest BCUT2D eigenvalue weighted by Crippen LogP contribution is 2.34. The van der Waals surface area contributed by atoms with Gasteiger partial charge >= 0.3 is 0 Å². The molecule has 1 aromatic carbocycles. The lowest BCUT2D eigenvalue weighted by Gasteiger charge is -2.36. The maximum absolute atomic E-state index is 12.9. The van der Waals surface area contributed by atoms with Crippen molar-refractivity contribution in [3.8, 4) is 0 Å². The van der Waals surface area contributed by atoms with Crippen molar-refractivity contribution in [2.75, 3.05) is 52.6 Å². The summed E-state index contributed by atoms with van der Waals surface area (Å²) in [4.78, 5) is 27.6. The van der Waals surface area contributed by atoms with Crippen LogP contribution in [-0.4, -0.2) is 87.7 Å². The molecule has 0 aliphatic carbocycles. The molecule has 2 aliphatic heterocycles. The van der Waals surface area contributed by atoms with E-state index in [4.69, 9.17) is 4.74 Å². The van der Waals surface area contributed by atoms with Gasteiger partial charge in [-0.3, -0.25) is 9.59 Å². The second-order valence-corrected chi connectivity index (χ2v) is 9.95. The minimum Gasteiger partial charge on any atom is -0.361 e. The number of hydrogen-bond acceptors (Lipinski definition) is 6. The standard InChI is InChI=1S/C20H30N4O5S/c1-23(13-16-7-4-3-5-8-16)11-6-9-21-18(25)17-14-24(30(2,27)28)15-20(17)19(26)22-10-12-29-20/h3-5,7-8,17H,6,9-15H2,1-2H3,(H,21,25)(H,22,26)/t17-,20-/m1/s1. The van der Waals surface area contributed by atoms with Gasteiger partial charge in [0.05, 0.1) is 25.3 Å². The van der Waals surface area contributed by atoms with E-state index in [9.17, 15) is 18.0 Å². The smallest absolute Gasteiger partial charge is 0.254 e. The average molecular weight is 439 g/mol. The first kappa shape index (κ1) is 22.7. The van der Waals surface area contributed by atoms with Gasteiger partial charge < -0.3 is 20.3 Å². The third-order valence-corrected chi connectivity index (χ3v) is 6.80. The Labute approximate surface area is 177 Å². The highest BCUT2D eigenvalue weighted by molar-refractivity contribution is 7.88. The van der Waals surface area contributed by atoms with Crippen molar-refractivity contribution in [3.63, 3.8) is 0 Å². The molecule has 0 unspecified atom stereocenters. The zero-order valence-electron chi connectivity index (χ0n) is 17.5. The first-order chi connectivity index (χ1) is 14.2. The molecule has 10 heteroatoms. The number of rotatable bonds is 8. The predicted molar refractivity (Wildman–Crippen MR) is 112 cm³/mol. The molecule has 2 N–H and O–H groups in total. The second kappa shape index (κ2) is 9.42. The minimum atomic E-state index is -3.55. The molecule has 30 heavy (non-hydrogen) atoms. The average Bonchev–Trinajstić information content (AvgIpc) is 3.09. The van der Waals surface area contributed by atoms with E-state index in [1.165, 1.54) is 5.56 Å². The molecule has 2 atom stereocenters. The summed E-state index contributed by atoms with van der Waals surface area (Å²) in [7, 11) is -1.53. The van der Waals surface area contributed by atoms with Gasteiger partial charge in [-0.2, -0.15) is 4.31 Å². The van der Waals surface area contributed by atoms with Crippen molar-refractivity contribution >= 4 is 21.8 Å². The number of hydrogen-bond donors (Lipinski definition) is 2. The molecule has 0 aromatic heterocycles. The first-order valence-corrected chi connectivity index (χ1v) is 11.9. The van der Waals surface area contributed by atoms with Gasteiger partial charge in [-0.05, 0) is 25.6 Å². The fraction of sp³-hybridized carbons (Fsp3) is 0.600. The molecule has 2 aliphatic rings. The van der Waals surface area contributed by atoms with Gasteiger partial charge in [-0.25, -0.2) is 8.42 Å². The van der Waals surface area contributed by atoms with Crippen LogP contribution < -0.4 is 10.6 Å². The van der Waals surface area contributed by atoms with Crippen LogP contribution in [0.2, 0.25) is 0 Å². The molecule has 3 rings (SSSR count). The van der Waals surface area contributed by atoms with Crippen LogP contribution in [0.25, 0.3) is 0 Å². The van der Waals surface area contributed by atoms with Crippen LogP contribution in [0.5, 0.6) is 0 Å². The molecule has 2 amide bonds. The third kappa shape index (κ3) is 5.18. The van der Waals surface area contributed by atoms with E-state index in [0.717, 1.165) is 30.1 Å². The molecule has 166 valence electrons. The number of nitrogens with one attached hydrogen (secondary N) is 2. The summed E-state index contributed by atoms with van der Waals surface area (Å²) in [5.74, 6) is -1.67. The molecule has 9 nitrogen and oxygen atoms in total. The Morgan fingerprint density at radius 2 is 2.10 bits per heavy atom. The molecule has 2 heterocycles. The maximum atomic E-state index is 12.9. The molecule has 2 fully saturated rings. The molecular formula is C20H30N4O5S. The number of carbonyl (C=O) groups is 2. The van der Waals surface area contributed by atoms with Crippen LogP contribution in [-0.2, 0) is 30.9 Å². The lowest BCUT2D eigenvalue weighted by molar-refractivity contribution is -0.163. The summed E-state index contributed by atoms with van der Waals surface area (Å²) in [5.41, 5.74) is -0.242. The predicted octanol–water partition coefficient (Wildman–Crippen LogP) is -0.599. The van der Waals surface area contributed by atoms with Crippen molar-refractivity contribution < 1.29 is 22.7 Å². The zero-order chi connectivity index (χ0) is 21.8. The lowest BCUT2D eigenvalue weighted by Crippen LogP contribution is -2.62. The van der Waals surface area contributed by atoms with Gasteiger partial charge in [-0.1, -0.05) is 30.3 Å². The normalized spacial score (nSPS) is 24.9. The highest BCUT2D eigenvalue weighted by Gasteiger charge is 2.59. The Balaban J connectivity index is 1.54. The van der Waals surface area contributed by atoms with E-state index >= 15 is 0 Å². The van der Waals surface area contributed by atoms with E-state index in [1.54, 1.807) is 0 Å². The zero-order valence-corrected chi connectivity index (χ0v) is 18.3. The van der Waals surface area contributed by atoms with Gasteiger partial charge in [0.15, 0.2) is 5.60 Å². The number of sulfonamides is 1. The van der Waals surface area contributed by atoms with Crippen molar-refractivity contribution in [2.45, 2.75) is 18.6 Å². The maximum Gasteiger partial charge on any atom is 0.254 e. The fourth-order valence-electron chi connectivity index (χ4n) is 3.98. The summed E-state index contributed by atoms with van der Waals surface area (Å²) < 4.78 is 30.9. The quantitative estimate of drug-likeness (QED) is 0.525. The lowest BCUT2D eigenvalue weighted by atomic mass is 9.87. The largest absolute Gasteiger partial charge is 0.361 e. The van der Waals surface area contributed by atoms with Crippen LogP contribution in [0, 0.1) is 5.92 Å². The summed E-state index contributed by atoms with van der Waals surface area (Å²) >= 11 is 0. The van der Waals surface area contributed by atoms with Crippen LogP contribution in [0.15, 0.2) is 30.3 Å². The van der Waals surface area contributed by atoms with Gasteiger partial charge in [-0.15, -0.1) is 0 Å². The van der Waals surface area contributed by atoms with Crippen LogP contribution in [0.1, 0.15) is 12.0 Å². The van der Waals surface area contributed by atoms with Gasteiger partial charge in [0.25, 0.3) is 5.91 Å². The van der Waals surface area contributed by atoms with Crippen LogP contribution in [0.3, 0.4) is 0 Å². The number of carbonyl (C=O) groups excluding carboxylic acids is 2. The topological polar surface area (TPSA) is 108 Å². The second-order valence-electron chi connectivity index (χ2n) is 7.97. The van der Waals surface area contributed by atoms with E-state index in [1.807, 2.05) is 25.2 Å². The summed E-state index contributed by atoms with van der Waals surface area (Å²) in [6.07, 6.45) is 1.81. The summed E-state index contributed by atoms with van der Waals surface area (Å²) in [6, 6.07) is 10.1. The van der Waals surface area contributed by atoms with E-state index in [2.05, 4.69) is 27.7 Å². The van der Waals surface area contributed by atoms with Crippen molar-refractivity contribution in [1.29, 1.82) is 0 Å². The van der Waals surface area contributed by atoms with E-state index in [0.29, 0.717) is 13.1 Å². The first-order valence-electron chi connectivity index (χ1n) is 10.1. The molecule has 0 saturated carbocycles. The Morgan fingerprint density at radius 1 is 1.37 bits per heavy atom. The molecular weight excluding hydrogens is 408 g/mol. The Kier molecular flexibility index (Phi) is 7.12. The van der Waals surface area contributed by atoms with Gasteiger partial charge in [0.1, 0.15) is 0 Å². The van der Waals surface area contributed by atoms with Gasteiger partial charge in [0, 0.05) is 26.2 Å². The van der Waals surface area contributed by atoms with E-state index in [-0.39, 0.29) is 25.6 Å². The van der Waals surface area contributed by atoms with E-state index < -0.39 is 27.4 Å². The summed E-state index contributed by atoms with van der Waals surface area (Å²) in [6.45, 7) is 2.43. The van der Waals surface area contributed by atoms with Crippen molar-refractivity contribution in [3.05, 3.63) is 35.9 Å². The molecule has 0 bridgehead atoms. The monoisotopic (exact) mass is 438 g/mol. The Bertz CT molecular complexity index is 863. The number of benzene rings is 1. The number of nitrogens with zero attached hydrogens (tertiary/aromatic N) is 2. The van der Waals surface area contributed by atoms with Crippen LogP contribution in [0.4, 0.5) is 0 Å². The fourth-order valence-corrected chi connectivity index (χ4v) is 4.83.